The van der Waals surface area contributed by atoms with Gasteiger partial charge in [0.05, 0.1) is 0 Å². The Bertz CT molecular complexity index is 111. The molecular weight excluding hydrogens is 129 g/mol. The van der Waals surface area contributed by atoms with E-state index in [1.807, 2.05) is 0 Å². The van der Waals surface area contributed by atoms with Crippen molar-refractivity contribution in [3.63, 3.8) is 0 Å². The van der Waals surface area contributed by atoms with Crippen LogP contribution in [-0.4, -0.2) is 12.1 Å². The average Bonchev–Trinajstić information content (AvgIpc) is 1.79. The molecular formula is C6H9F3. The average molecular weight is 138 g/mol. The molecule has 1 aliphatic carbocycles. The minimum Gasteiger partial charge on any atom is -0.241 e. The van der Waals surface area contributed by atoms with Crippen molar-refractivity contribution in [3.8, 4) is 0 Å². The van der Waals surface area contributed by atoms with E-state index in [2.05, 4.69) is 0 Å². The van der Waals surface area contributed by atoms with Crippen molar-refractivity contribution < 1.29 is 13.2 Å². The van der Waals surface area contributed by atoms with Crippen LogP contribution in [0.2, 0.25) is 0 Å². The molecule has 1 saturated carbocycles. The summed E-state index contributed by atoms with van der Waals surface area (Å²) in [5.41, 5.74) is 0. The maximum Gasteiger partial charge on any atom is 0.278 e. The first-order valence-electron chi connectivity index (χ1n) is 3.04. The van der Waals surface area contributed by atoms with Gasteiger partial charge in [-0.15, -0.1) is 0 Å². The van der Waals surface area contributed by atoms with Gasteiger partial charge in [0.25, 0.3) is 5.92 Å². The number of rotatable bonds is 0. The summed E-state index contributed by atoms with van der Waals surface area (Å²) < 4.78 is 36.6. The van der Waals surface area contributed by atoms with Gasteiger partial charge >= 0.3 is 0 Å². The molecule has 1 fully saturated rings. The summed E-state index contributed by atoms with van der Waals surface area (Å²) in [7, 11) is 0. The van der Waals surface area contributed by atoms with E-state index < -0.39 is 12.1 Å². The van der Waals surface area contributed by atoms with E-state index in [1.54, 1.807) is 6.92 Å². The molecule has 1 rings (SSSR count). The van der Waals surface area contributed by atoms with Crippen LogP contribution >= 0.6 is 0 Å². The summed E-state index contributed by atoms with van der Waals surface area (Å²) in [6.45, 7) is 1.65. The van der Waals surface area contributed by atoms with E-state index in [0.717, 1.165) is 0 Å². The maximum atomic E-state index is 12.2. The van der Waals surface area contributed by atoms with E-state index in [-0.39, 0.29) is 18.8 Å². The first-order valence-corrected chi connectivity index (χ1v) is 3.04. The third-order valence-corrected chi connectivity index (χ3v) is 1.69. The molecule has 0 aromatic heterocycles. The number of hydrogen-bond donors (Lipinski definition) is 0. The summed E-state index contributed by atoms with van der Waals surface area (Å²) in [5.74, 6) is -3.20. The number of alkyl halides is 3. The SMILES string of the molecule is CC1C[C@H](F)C(F)(F)C1. The molecule has 1 unspecified atom stereocenters. The maximum absolute atomic E-state index is 12.2. The predicted octanol–water partition coefficient (Wildman–Crippen LogP) is 2.39. The van der Waals surface area contributed by atoms with Gasteiger partial charge in [0.1, 0.15) is 0 Å². The van der Waals surface area contributed by atoms with Crippen molar-refractivity contribution in [2.45, 2.75) is 31.9 Å². The first kappa shape index (κ1) is 6.90. The van der Waals surface area contributed by atoms with E-state index >= 15 is 0 Å². The van der Waals surface area contributed by atoms with Crippen molar-refractivity contribution in [2.75, 3.05) is 0 Å². The van der Waals surface area contributed by atoms with Crippen LogP contribution < -0.4 is 0 Å². The Balaban J connectivity index is 2.58. The zero-order valence-corrected chi connectivity index (χ0v) is 5.20. The molecule has 2 atom stereocenters. The van der Waals surface area contributed by atoms with Crippen molar-refractivity contribution in [1.82, 2.24) is 0 Å². The van der Waals surface area contributed by atoms with Crippen molar-refractivity contribution in [3.05, 3.63) is 0 Å². The van der Waals surface area contributed by atoms with Crippen LogP contribution in [0.5, 0.6) is 0 Å². The Hall–Kier alpha value is -0.210. The van der Waals surface area contributed by atoms with E-state index in [0.29, 0.717) is 0 Å². The van der Waals surface area contributed by atoms with Gasteiger partial charge < -0.3 is 0 Å². The third kappa shape index (κ3) is 1.19. The molecule has 9 heavy (non-hydrogen) atoms. The molecule has 0 spiro atoms. The molecule has 0 radical (unpaired) electrons. The molecule has 54 valence electrons. The van der Waals surface area contributed by atoms with E-state index in [9.17, 15) is 13.2 Å². The van der Waals surface area contributed by atoms with E-state index in [1.165, 1.54) is 0 Å². The largest absolute Gasteiger partial charge is 0.278 e. The highest BCUT2D eigenvalue weighted by molar-refractivity contribution is 4.87. The van der Waals surface area contributed by atoms with Gasteiger partial charge in [0, 0.05) is 6.42 Å². The fourth-order valence-corrected chi connectivity index (χ4v) is 1.20. The molecule has 0 amide bonds. The Morgan fingerprint density at radius 2 is 2.00 bits per heavy atom. The van der Waals surface area contributed by atoms with Crippen molar-refractivity contribution >= 4 is 0 Å². The Kier molecular flexibility index (Phi) is 1.45. The molecule has 0 heterocycles. The minimum atomic E-state index is -3.04. The van der Waals surface area contributed by atoms with Crippen molar-refractivity contribution in [2.24, 2.45) is 5.92 Å². The van der Waals surface area contributed by atoms with E-state index in [4.69, 9.17) is 0 Å². The van der Waals surface area contributed by atoms with Gasteiger partial charge in [-0.3, -0.25) is 0 Å². The van der Waals surface area contributed by atoms with Gasteiger partial charge in [-0.2, -0.15) is 0 Å². The van der Waals surface area contributed by atoms with Crippen LogP contribution in [0.15, 0.2) is 0 Å². The zero-order valence-electron chi connectivity index (χ0n) is 5.20. The Morgan fingerprint density at radius 1 is 1.44 bits per heavy atom. The number of halogens is 3. The fraction of sp³-hybridized carbons (Fsp3) is 1.00. The monoisotopic (exact) mass is 138 g/mol. The summed E-state index contributed by atoms with van der Waals surface area (Å²) in [4.78, 5) is 0. The molecule has 0 aromatic rings. The lowest BCUT2D eigenvalue weighted by Crippen LogP contribution is -2.22. The van der Waals surface area contributed by atoms with Gasteiger partial charge in [0.2, 0.25) is 0 Å². The third-order valence-electron chi connectivity index (χ3n) is 1.69. The zero-order chi connectivity index (χ0) is 7.07. The van der Waals surface area contributed by atoms with Gasteiger partial charge in [-0.25, -0.2) is 13.2 Å². The lowest BCUT2D eigenvalue weighted by molar-refractivity contribution is -0.0512. The number of hydrogen-bond acceptors (Lipinski definition) is 0. The second-order valence-corrected chi connectivity index (χ2v) is 2.77. The van der Waals surface area contributed by atoms with Gasteiger partial charge in [-0.1, -0.05) is 6.92 Å². The van der Waals surface area contributed by atoms with Crippen LogP contribution in [0.25, 0.3) is 0 Å². The second-order valence-electron chi connectivity index (χ2n) is 2.77. The standard InChI is InChI=1S/C6H9F3/c1-4-2-5(7)6(8,9)3-4/h4-5H,2-3H2,1H3/t4?,5-/m0/s1. The van der Waals surface area contributed by atoms with Gasteiger partial charge in [0.15, 0.2) is 6.17 Å². The fourth-order valence-electron chi connectivity index (χ4n) is 1.20. The minimum absolute atomic E-state index is 0.0208. The summed E-state index contributed by atoms with van der Waals surface area (Å²) in [6.07, 6.45) is -2.16. The Morgan fingerprint density at radius 3 is 2.11 bits per heavy atom. The lowest BCUT2D eigenvalue weighted by Gasteiger charge is -2.09. The predicted molar refractivity (Wildman–Crippen MR) is 28.2 cm³/mol. The van der Waals surface area contributed by atoms with Crippen LogP contribution in [0.3, 0.4) is 0 Å². The smallest absolute Gasteiger partial charge is 0.241 e. The highest BCUT2D eigenvalue weighted by Crippen LogP contribution is 2.40. The molecule has 0 bridgehead atoms. The molecule has 0 nitrogen and oxygen atoms in total. The summed E-state index contributed by atoms with van der Waals surface area (Å²) >= 11 is 0. The lowest BCUT2D eigenvalue weighted by atomic mass is 10.1. The molecule has 0 saturated heterocycles. The normalized spacial score (nSPS) is 41.3. The van der Waals surface area contributed by atoms with Crippen LogP contribution in [0.1, 0.15) is 19.8 Å². The summed E-state index contributed by atoms with van der Waals surface area (Å²) in [6, 6.07) is 0. The van der Waals surface area contributed by atoms with Crippen LogP contribution in [-0.2, 0) is 0 Å². The molecule has 0 N–H and O–H groups in total. The summed E-state index contributed by atoms with van der Waals surface area (Å²) in [5, 5.41) is 0. The molecule has 3 heteroatoms. The topological polar surface area (TPSA) is 0 Å². The molecule has 0 aliphatic heterocycles. The quantitative estimate of drug-likeness (QED) is 0.482. The van der Waals surface area contributed by atoms with Crippen molar-refractivity contribution in [1.29, 1.82) is 0 Å². The molecule has 0 aromatic carbocycles. The molecule has 1 aliphatic rings. The highest BCUT2D eigenvalue weighted by atomic mass is 19.3. The highest BCUT2D eigenvalue weighted by Gasteiger charge is 2.47. The second kappa shape index (κ2) is 1.89. The van der Waals surface area contributed by atoms with Crippen LogP contribution in [0, 0.1) is 5.92 Å². The first-order chi connectivity index (χ1) is 4.02. The van der Waals surface area contributed by atoms with Crippen LogP contribution in [0.4, 0.5) is 13.2 Å². The Labute approximate surface area is 52.1 Å². The van der Waals surface area contributed by atoms with Gasteiger partial charge in [-0.05, 0) is 12.3 Å².